The normalized spacial score (nSPS) is 14.7. The van der Waals surface area contributed by atoms with Crippen LogP contribution in [0.1, 0.15) is 6.42 Å². The van der Waals surface area contributed by atoms with Crippen LogP contribution in [-0.4, -0.2) is 22.5 Å². The molecule has 1 rings (SSSR count). The van der Waals surface area contributed by atoms with E-state index in [1.807, 2.05) is 0 Å². The van der Waals surface area contributed by atoms with Crippen LogP contribution in [0.2, 0.25) is 0 Å². The average Bonchev–Trinajstić information content (AvgIpc) is 2.28. The van der Waals surface area contributed by atoms with Crippen LogP contribution in [0.25, 0.3) is 0 Å². The van der Waals surface area contributed by atoms with Gasteiger partial charge in [-0.15, -0.1) is 0 Å². The molecule has 6 heteroatoms. The molecule has 0 amide bonds. The lowest BCUT2D eigenvalue weighted by Gasteiger charge is -2.06. The van der Waals surface area contributed by atoms with E-state index in [2.05, 4.69) is 9.47 Å². The van der Waals surface area contributed by atoms with Crippen molar-refractivity contribution in [3.63, 3.8) is 0 Å². The number of hydrogen-bond acceptors (Lipinski definition) is 4. The quantitative estimate of drug-likeness (QED) is 0.681. The fourth-order valence-electron chi connectivity index (χ4n) is 0.980. The Hall–Kier alpha value is -2.24. The number of ether oxygens (including phenoxy) is 2. The molecule has 15 heavy (non-hydrogen) atoms. The largest absolute Gasteiger partial charge is 0.511 e. The van der Waals surface area contributed by atoms with Gasteiger partial charge in [0.1, 0.15) is 11.5 Å². The van der Waals surface area contributed by atoms with E-state index < -0.39 is 12.3 Å². The van der Waals surface area contributed by atoms with Crippen molar-refractivity contribution in [1.82, 2.24) is 0 Å². The van der Waals surface area contributed by atoms with Crippen molar-refractivity contribution in [3.8, 4) is 0 Å². The molecule has 80 valence electrons. The second-order valence-corrected chi connectivity index (χ2v) is 2.56. The highest BCUT2D eigenvalue weighted by Gasteiger charge is 2.12. The summed E-state index contributed by atoms with van der Waals surface area (Å²) >= 11 is 0. The van der Waals surface area contributed by atoms with E-state index in [0.29, 0.717) is 0 Å². The minimum absolute atomic E-state index is 0.0222. The Morgan fingerprint density at radius 2 is 1.40 bits per heavy atom. The second-order valence-electron chi connectivity index (χ2n) is 2.56. The van der Waals surface area contributed by atoms with Crippen LogP contribution >= 0.6 is 0 Å². The lowest BCUT2D eigenvalue weighted by molar-refractivity contribution is 0.107. The van der Waals surface area contributed by atoms with Crippen molar-refractivity contribution in [2.75, 3.05) is 0 Å². The molecule has 1 aliphatic rings. The summed E-state index contributed by atoms with van der Waals surface area (Å²) in [6.07, 6.45) is 2.96. The van der Waals surface area contributed by atoms with Gasteiger partial charge in [-0.25, -0.2) is 9.59 Å². The van der Waals surface area contributed by atoms with Gasteiger partial charge in [0.05, 0.1) is 6.42 Å². The fraction of sp³-hybridized carbons (Fsp3) is 0.111. The Balaban J connectivity index is 2.68. The van der Waals surface area contributed by atoms with Crippen LogP contribution < -0.4 is 0 Å². The van der Waals surface area contributed by atoms with Gasteiger partial charge in [0.2, 0.25) is 0 Å². The highest BCUT2D eigenvalue weighted by molar-refractivity contribution is 5.60. The maximum absolute atomic E-state index is 10.2. The number of allylic oxidation sites excluding steroid dienone is 4. The molecular weight excluding hydrogens is 204 g/mol. The molecule has 0 heterocycles. The zero-order valence-electron chi connectivity index (χ0n) is 7.54. The molecule has 1 aliphatic carbocycles. The van der Waals surface area contributed by atoms with Gasteiger partial charge in [-0.3, -0.25) is 0 Å². The van der Waals surface area contributed by atoms with Crippen molar-refractivity contribution in [2.24, 2.45) is 0 Å². The third kappa shape index (κ3) is 3.99. The molecule has 0 unspecified atom stereocenters. The maximum atomic E-state index is 10.2. The van der Waals surface area contributed by atoms with Crippen LogP contribution in [0.3, 0.4) is 0 Å². The van der Waals surface area contributed by atoms with Gasteiger partial charge in [0.15, 0.2) is 0 Å². The van der Waals surface area contributed by atoms with Gasteiger partial charge < -0.3 is 19.7 Å². The summed E-state index contributed by atoms with van der Waals surface area (Å²) in [7, 11) is 0. The summed E-state index contributed by atoms with van der Waals surface area (Å²) < 4.78 is 8.79. The van der Waals surface area contributed by atoms with Crippen LogP contribution in [0.4, 0.5) is 9.59 Å². The number of carbonyl (C=O) groups is 2. The van der Waals surface area contributed by atoms with Gasteiger partial charge in [-0.05, 0) is 12.2 Å². The van der Waals surface area contributed by atoms with E-state index in [-0.39, 0.29) is 17.9 Å². The Morgan fingerprint density at radius 1 is 1.00 bits per heavy atom. The first kappa shape index (κ1) is 10.8. The summed E-state index contributed by atoms with van der Waals surface area (Å²) in [5.41, 5.74) is 0. The van der Waals surface area contributed by atoms with Crippen LogP contribution in [0.15, 0.2) is 35.8 Å². The molecule has 0 spiro atoms. The van der Waals surface area contributed by atoms with Crippen LogP contribution in [-0.2, 0) is 9.47 Å². The second kappa shape index (κ2) is 4.85. The third-order valence-electron chi connectivity index (χ3n) is 1.46. The first-order chi connectivity index (χ1) is 7.08. The molecule has 0 aromatic carbocycles. The minimum Gasteiger partial charge on any atom is -0.449 e. The smallest absolute Gasteiger partial charge is 0.449 e. The summed E-state index contributed by atoms with van der Waals surface area (Å²) in [6.45, 7) is 0. The van der Waals surface area contributed by atoms with Gasteiger partial charge in [0.25, 0.3) is 0 Å². The summed E-state index contributed by atoms with van der Waals surface area (Å²) in [6, 6.07) is 0. The molecule has 2 N–H and O–H groups in total. The molecule has 6 nitrogen and oxygen atoms in total. The number of carboxylic acid groups (broad SMARTS) is 2. The van der Waals surface area contributed by atoms with Crippen LogP contribution in [0, 0.1) is 0 Å². The van der Waals surface area contributed by atoms with E-state index in [0.717, 1.165) is 0 Å². The van der Waals surface area contributed by atoms with Gasteiger partial charge in [-0.2, -0.15) is 0 Å². The summed E-state index contributed by atoms with van der Waals surface area (Å²) in [5.74, 6) is 0.201. The SMILES string of the molecule is O=C(O)OC1=CC=CC=C(OC(=O)O)C1. The first-order valence-electron chi connectivity index (χ1n) is 3.96. The Kier molecular flexibility index (Phi) is 3.50. The fourth-order valence-corrected chi connectivity index (χ4v) is 0.980. The number of hydrogen-bond donors (Lipinski definition) is 2. The Morgan fingerprint density at radius 3 is 1.73 bits per heavy atom. The monoisotopic (exact) mass is 212 g/mol. The lowest BCUT2D eigenvalue weighted by Crippen LogP contribution is -2.05. The van der Waals surface area contributed by atoms with E-state index in [9.17, 15) is 9.59 Å². The molecule has 0 aromatic heterocycles. The van der Waals surface area contributed by atoms with Crippen molar-refractivity contribution in [2.45, 2.75) is 6.42 Å². The average molecular weight is 212 g/mol. The lowest BCUT2D eigenvalue weighted by atomic mass is 10.3. The highest BCUT2D eigenvalue weighted by atomic mass is 16.7. The van der Waals surface area contributed by atoms with E-state index >= 15 is 0 Å². The Bertz CT molecular complexity index is 329. The molecule has 0 saturated heterocycles. The molecule has 0 fully saturated rings. The minimum atomic E-state index is -1.45. The molecule has 0 aliphatic heterocycles. The molecular formula is C9H8O6. The third-order valence-corrected chi connectivity index (χ3v) is 1.46. The topological polar surface area (TPSA) is 93.1 Å². The van der Waals surface area contributed by atoms with E-state index in [4.69, 9.17) is 10.2 Å². The van der Waals surface area contributed by atoms with E-state index in [1.165, 1.54) is 24.3 Å². The molecule has 0 bridgehead atoms. The van der Waals surface area contributed by atoms with Crippen LogP contribution in [0.5, 0.6) is 0 Å². The van der Waals surface area contributed by atoms with E-state index in [1.54, 1.807) is 0 Å². The van der Waals surface area contributed by atoms with Gasteiger partial charge in [-0.1, -0.05) is 12.2 Å². The first-order valence-corrected chi connectivity index (χ1v) is 3.96. The predicted octanol–water partition coefficient (Wildman–Crippen LogP) is 2.10. The predicted molar refractivity (Wildman–Crippen MR) is 48.1 cm³/mol. The molecule has 0 aromatic rings. The van der Waals surface area contributed by atoms with Crippen molar-refractivity contribution < 1.29 is 29.3 Å². The van der Waals surface area contributed by atoms with Gasteiger partial charge >= 0.3 is 12.3 Å². The van der Waals surface area contributed by atoms with Crippen molar-refractivity contribution >= 4 is 12.3 Å². The molecule has 0 atom stereocenters. The standard InChI is InChI=1S/C9H8O6/c10-8(11)14-6-3-1-2-4-7(5-6)15-9(12)13/h1-4H,5H2,(H,10,11)(H,12,13). The van der Waals surface area contributed by atoms with Crippen molar-refractivity contribution in [3.05, 3.63) is 35.8 Å². The highest BCUT2D eigenvalue weighted by Crippen LogP contribution is 2.17. The van der Waals surface area contributed by atoms with Crippen molar-refractivity contribution in [1.29, 1.82) is 0 Å². The zero-order valence-corrected chi connectivity index (χ0v) is 7.54. The molecule has 0 saturated carbocycles. The van der Waals surface area contributed by atoms with Gasteiger partial charge in [0, 0.05) is 0 Å². The maximum Gasteiger partial charge on any atom is 0.511 e. The zero-order chi connectivity index (χ0) is 11.3. The Labute approximate surface area is 84.7 Å². The summed E-state index contributed by atoms with van der Waals surface area (Å²) in [4.78, 5) is 20.5. The summed E-state index contributed by atoms with van der Waals surface area (Å²) in [5, 5.41) is 16.7. The molecule has 0 radical (unpaired) electrons. The number of rotatable bonds is 2.